The normalized spacial score (nSPS) is 10.3. The fraction of sp³-hybridized carbons (Fsp3) is 0.200. The standard InChI is InChI=1S/C10H9NO3S2/c1-2-14-9(12)8-7(11-10(13)16-8)6-4-3-5-15-6/h3-5H,2H2,1H3,(H,11,13). The molecular formula is C10H9NO3S2. The predicted molar refractivity (Wildman–Crippen MR) is 64.2 cm³/mol. The van der Waals surface area contributed by atoms with Crippen LogP contribution in [0.25, 0.3) is 10.6 Å². The Morgan fingerprint density at radius 2 is 2.38 bits per heavy atom. The third-order valence-corrected chi connectivity index (χ3v) is 3.63. The average Bonchev–Trinajstić information content (AvgIpc) is 2.85. The molecule has 84 valence electrons. The summed E-state index contributed by atoms with van der Waals surface area (Å²) in [6.07, 6.45) is 0. The van der Waals surface area contributed by atoms with Crippen LogP contribution >= 0.6 is 22.7 Å². The minimum atomic E-state index is -0.450. The van der Waals surface area contributed by atoms with Crippen LogP contribution in [0.2, 0.25) is 0 Å². The van der Waals surface area contributed by atoms with Gasteiger partial charge in [-0.1, -0.05) is 17.4 Å². The molecule has 0 aliphatic rings. The summed E-state index contributed by atoms with van der Waals surface area (Å²) >= 11 is 2.35. The summed E-state index contributed by atoms with van der Waals surface area (Å²) in [6, 6.07) is 3.72. The van der Waals surface area contributed by atoms with Crippen molar-refractivity contribution in [1.29, 1.82) is 0 Å². The van der Waals surface area contributed by atoms with Gasteiger partial charge in [0.15, 0.2) is 0 Å². The van der Waals surface area contributed by atoms with E-state index in [1.54, 1.807) is 6.92 Å². The van der Waals surface area contributed by atoms with Gasteiger partial charge in [0, 0.05) is 0 Å². The van der Waals surface area contributed by atoms with Crippen molar-refractivity contribution >= 4 is 28.6 Å². The zero-order valence-electron chi connectivity index (χ0n) is 8.48. The van der Waals surface area contributed by atoms with Crippen molar-refractivity contribution in [2.75, 3.05) is 6.61 Å². The molecule has 4 nitrogen and oxygen atoms in total. The van der Waals surface area contributed by atoms with E-state index in [-0.39, 0.29) is 4.87 Å². The smallest absolute Gasteiger partial charge is 0.350 e. The Labute approximate surface area is 99.5 Å². The predicted octanol–water partition coefficient (Wildman–Crippen LogP) is 2.34. The van der Waals surface area contributed by atoms with Crippen LogP contribution in [0.3, 0.4) is 0 Å². The second-order valence-corrected chi connectivity index (χ2v) is 4.85. The number of ether oxygens (including phenoxy) is 1. The minimum absolute atomic E-state index is 0.244. The highest BCUT2D eigenvalue weighted by Crippen LogP contribution is 2.27. The van der Waals surface area contributed by atoms with E-state index in [0.717, 1.165) is 16.2 Å². The van der Waals surface area contributed by atoms with E-state index in [9.17, 15) is 9.59 Å². The summed E-state index contributed by atoms with van der Waals surface area (Å²) in [5, 5.41) is 1.89. The molecule has 16 heavy (non-hydrogen) atoms. The van der Waals surface area contributed by atoms with Crippen LogP contribution in [-0.4, -0.2) is 17.6 Å². The van der Waals surface area contributed by atoms with Crippen LogP contribution in [0.5, 0.6) is 0 Å². The SMILES string of the molecule is CCOC(=O)c1sc(=O)[nH]c1-c1cccs1. The molecule has 2 aromatic heterocycles. The summed E-state index contributed by atoms with van der Waals surface area (Å²) in [5.74, 6) is -0.450. The van der Waals surface area contributed by atoms with Gasteiger partial charge in [-0.15, -0.1) is 11.3 Å². The van der Waals surface area contributed by atoms with Gasteiger partial charge in [-0.3, -0.25) is 4.79 Å². The van der Waals surface area contributed by atoms with Gasteiger partial charge < -0.3 is 9.72 Å². The number of hydrogen-bond acceptors (Lipinski definition) is 5. The van der Waals surface area contributed by atoms with Gasteiger partial charge in [-0.25, -0.2) is 4.79 Å². The number of carbonyl (C=O) groups excluding carboxylic acids is 1. The van der Waals surface area contributed by atoms with Crippen molar-refractivity contribution < 1.29 is 9.53 Å². The lowest BCUT2D eigenvalue weighted by atomic mass is 10.3. The van der Waals surface area contributed by atoms with E-state index < -0.39 is 5.97 Å². The first-order valence-corrected chi connectivity index (χ1v) is 6.36. The van der Waals surface area contributed by atoms with Crippen molar-refractivity contribution in [3.63, 3.8) is 0 Å². The molecule has 0 saturated heterocycles. The lowest BCUT2D eigenvalue weighted by Gasteiger charge is -2.00. The molecule has 1 N–H and O–H groups in total. The topological polar surface area (TPSA) is 59.2 Å². The average molecular weight is 255 g/mol. The van der Waals surface area contributed by atoms with E-state index in [1.807, 2.05) is 17.5 Å². The Bertz CT molecular complexity index is 539. The lowest BCUT2D eigenvalue weighted by Crippen LogP contribution is -2.03. The number of esters is 1. The van der Waals surface area contributed by atoms with Crippen molar-refractivity contribution in [2.24, 2.45) is 0 Å². The molecular weight excluding hydrogens is 246 g/mol. The molecule has 2 heterocycles. The molecule has 0 aliphatic carbocycles. The first-order chi connectivity index (χ1) is 7.72. The van der Waals surface area contributed by atoms with E-state index in [2.05, 4.69) is 4.98 Å². The van der Waals surface area contributed by atoms with Crippen molar-refractivity contribution in [1.82, 2.24) is 4.98 Å². The fourth-order valence-corrected chi connectivity index (χ4v) is 2.80. The summed E-state index contributed by atoms with van der Waals surface area (Å²) < 4.78 is 4.90. The van der Waals surface area contributed by atoms with Crippen LogP contribution in [0.4, 0.5) is 0 Å². The molecule has 0 fully saturated rings. The highest BCUT2D eigenvalue weighted by molar-refractivity contribution is 7.15. The highest BCUT2D eigenvalue weighted by atomic mass is 32.1. The van der Waals surface area contributed by atoms with E-state index in [4.69, 9.17) is 4.74 Å². The summed E-state index contributed by atoms with van der Waals surface area (Å²) in [4.78, 5) is 26.5. The minimum Gasteiger partial charge on any atom is -0.462 e. The largest absolute Gasteiger partial charge is 0.462 e. The molecule has 0 atom stereocenters. The summed E-state index contributed by atoms with van der Waals surface area (Å²) in [6.45, 7) is 2.03. The quantitative estimate of drug-likeness (QED) is 0.856. The monoisotopic (exact) mass is 255 g/mol. The van der Waals surface area contributed by atoms with Crippen LogP contribution < -0.4 is 4.87 Å². The van der Waals surface area contributed by atoms with Crippen LogP contribution in [0, 0.1) is 0 Å². The molecule has 2 aromatic rings. The van der Waals surface area contributed by atoms with Crippen molar-refractivity contribution in [2.45, 2.75) is 6.92 Å². The third-order valence-electron chi connectivity index (χ3n) is 1.88. The number of aromatic nitrogens is 1. The second-order valence-electron chi connectivity index (χ2n) is 2.92. The van der Waals surface area contributed by atoms with Crippen LogP contribution in [0.1, 0.15) is 16.6 Å². The fourth-order valence-electron chi connectivity index (χ4n) is 1.26. The third kappa shape index (κ3) is 2.07. The van der Waals surface area contributed by atoms with E-state index in [1.165, 1.54) is 11.3 Å². The molecule has 0 spiro atoms. The van der Waals surface area contributed by atoms with Gasteiger partial charge in [0.25, 0.3) is 0 Å². The molecule has 0 unspecified atom stereocenters. The number of thiophene rings is 1. The van der Waals surface area contributed by atoms with Gasteiger partial charge in [0.05, 0.1) is 17.2 Å². The van der Waals surface area contributed by atoms with Crippen molar-refractivity contribution in [3.05, 3.63) is 32.1 Å². The number of rotatable bonds is 3. The Balaban J connectivity index is 2.46. The molecule has 0 saturated carbocycles. The van der Waals surface area contributed by atoms with Gasteiger partial charge in [-0.2, -0.15) is 0 Å². The molecule has 0 aromatic carbocycles. The second kappa shape index (κ2) is 4.63. The zero-order chi connectivity index (χ0) is 11.5. The lowest BCUT2D eigenvalue weighted by molar-refractivity contribution is 0.0533. The maximum absolute atomic E-state index is 11.6. The molecule has 0 bridgehead atoms. The Kier molecular flexibility index (Phi) is 3.21. The highest BCUT2D eigenvalue weighted by Gasteiger charge is 2.18. The number of thiazole rings is 1. The van der Waals surface area contributed by atoms with Gasteiger partial charge in [0.2, 0.25) is 0 Å². The number of nitrogens with one attached hydrogen (secondary N) is 1. The maximum Gasteiger partial charge on any atom is 0.350 e. The number of aromatic amines is 1. The van der Waals surface area contributed by atoms with E-state index in [0.29, 0.717) is 17.2 Å². The van der Waals surface area contributed by atoms with Crippen molar-refractivity contribution in [3.8, 4) is 10.6 Å². The molecule has 0 amide bonds. The number of carbonyl (C=O) groups is 1. The maximum atomic E-state index is 11.6. The van der Waals surface area contributed by atoms with Gasteiger partial charge in [-0.05, 0) is 18.4 Å². The Morgan fingerprint density at radius 1 is 1.56 bits per heavy atom. The molecule has 0 radical (unpaired) electrons. The van der Waals surface area contributed by atoms with Gasteiger partial charge in [0.1, 0.15) is 4.88 Å². The summed E-state index contributed by atoms with van der Waals surface area (Å²) in [5.41, 5.74) is 0.559. The summed E-state index contributed by atoms with van der Waals surface area (Å²) in [7, 11) is 0. The Morgan fingerprint density at radius 3 is 3.00 bits per heavy atom. The Hall–Kier alpha value is -1.40. The van der Waals surface area contributed by atoms with E-state index >= 15 is 0 Å². The molecule has 6 heteroatoms. The molecule has 0 aliphatic heterocycles. The zero-order valence-corrected chi connectivity index (χ0v) is 10.1. The first kappa shape index (κ1) is 11.1. The first-order valence-electron chi connectivity index (χ1n) is 4.66. The molecule has 2 rings (SSSR count). The van der Waals surface area contributed by atoms with Gasteiger partial charge >= 0.3 is 10.8 Å². The number of hydrogen-bond donors (Lipinski definition) is 1. The number of H-pyrrole nitrogens is 1. The van der Waals surface area contributed by atoms with Crippen LogP contribution in [-0.2, 0) is 4.74 Å². The van der Waals surface area contributed by atoms with Crippen LogP contribution in [0.15, 0.2) is 22.3 Å².